The van der Waals surface area contributed by atoms with Crippen LogP contribution in [0, 0.1) is 0 Å². The molecule has 0 spiro atoms. The summed E-state index contributed by atoms with van der Waals surface area (Å²) < 4.78 is 7.41. The lowest BCUT2D eigenvalue weighted by Gasteiger charge is -2.26. The Morgan fingerprint density at radius 1 is 1.50 bits per heavy atom. The van der Waals surface area contributed by atoms with Crippen LogP contribution in [0.1, 0.15) is 42.6 Å². The van der Waals surface area contributed by atoms with E-state index in [1.165, 1.54) is 0 Å². The smallest absolute Gasteiger partial charge is 0.271 e. The quantitative estimate of drug-likeness (QED) is 0.756. The first-order valence-electron chi connectivity index (χ1n) is 7.30. The zero-order valence-electron chi connectivity index (χ0n) is 12.0. The van der Waals surface area contributed by atoms with E-state index in [9.17, 15) is 4.79 Å². The Balaban J connectivity index is 1.54. The van der Waals surface area contributed by atoms with Gasteiger partial charge in [0.05, 0.1) is 6.10 Å². The third kappa shape index (κ3) is 4.61. The summed E-state index contributed by atoms with van der Waals surface area (Å²) in [6, 6.07) is 2.06. The Labute approximate surface area is 119 Å². The molecule has 2 rings (SSSR count). The molecule has 1 amide bonds. The molecule has 1 aromatic rings. The van der Waals surface area contributed by atoms with Gasteiger partial charge in [0.15, 0.2) is 0 Å². The van der Waals surface area contributed by atoms with Gasteiger partial charge in [-0.25, -0.2) is 0 Å². The normalized spacial score (nSPS) is 22.7. The van der Waals surface area contributed by atoms with E-state index in [0.717, 1.165) is 32.1 Å². The largest absolute Gasteiger partial charge is 0.378 e. The van der Waals surface area contributed by atoms with Crippen LogP contribution in [0.3, 0.4) is 0 Å². The molecule has 0 saturated heterocycles. The van der Waals surface area contributed by atoms with Crippen LogP contribution in [0.2, 0.25) is 0 Å². The summed E-state index contributed by atoms with van der Waals surface area (Å²) in [5, 5.41) is 6.89. The second-order valence-electron chi connectivity index (χ2n) is 5.39. The Morgan fingerprint density at radius 2 is 2.25 bits per heavy atom. The lowest BCUT2D eigenvalue weighted by Crippen LogP contribution is -2.31. The molecule has 112 valence electrons. The number of hydrogen-bond acceptors (Lipinski definition) is 4. The summed E-state index contributed by atoms with van der Waals surface area (Å²) in [6.45, 7) is 1.30. The molecule has 0 radical (unpaired) electrons. The van der Waals surface area contributed by atoms with Gasteiger partial charge in [-0.3, -0.25) is 9.48 Å². The van der Waals surface area contributed by atoms with Gasteiger partial charge in [-0.15, -0.1) is 0 Å². The number of nitrogens with zero attached hydrogens (tertiary/aromatic N) is 2. The standard InChI is InChI=1S/C14H24N4O2/c1-18-9-7-13(17-18)14(19)16-8-2-10-20-12-5-3-11(15)4-6-12/h7,9,11-12H,2-6,8,10,15H2,1H3,(H,16,19). The minimum absolute atomic E-state index is 0.130. The van der Waals surface area contributed by atoms with Crippen LogP contribution in [0.4, 0.5) is 0 Å². The topological polar surface area (TPSA) is 82.2 Å². The van der Waals surface area contributed by atoms with Crippen LogP contribution in [-0.2, 0) is 11.8 Å². The molecular weight excluding hydrogens is 256 g/mol. The molecule has 1 fully saturated rings. The molecule has 6 nitrogen and oxygen atoms in total. The highest BCUT2D eigenvalue weighted by molar-refractivity contribution is 5.92. The van der Waals surface area contributed by atoms with Crippen molar-refractivity contribution in [1.29, 1.82) is 0 Å². The first kappa shape index (κ1) is 15.0. The molecule has 3 N–H and O–H groups in total. The zero-order chi connectivity index (χ0) is 14.4. The average Bonchev–Trinajstić information content (AvgIpc) is 2.87. The fraction of sp³-hybridized carbons (Fsp3) is 0.714. The van der Waals surface area contributed by atoms with Gasteiger partial charge in [0.2, 0.25) is 0 Å². The van der Waals surface area contributed by atoms with Crippen molar-refractivity contribution < 1.29 is 9.53 Å². The maximum absolute atomic E-state index is 11.7. The lowest BCUT2D eigenvalue weighted by molar-refractivity contribution is 0.0241. The summed E-state index contributed by atoms with van der Waals surface area (Å²) in [5.74, 6) is -0.130. The van der Waals surface area contributed by atoms with Gasteiger partial charge in [0.25, 0.3) is 5.91 Å². The predicted octanol–water partition coefficient (Wildman–Crippen LogP) is 0.826. The number of amides is 1. The van der Waals surface area contributed by atoms with Gasteiger partial charge in [0, 0.05) is 32.4 Å². The van der Waals surface area contributed by atoms with E-state index in [-0.39, 0.29) is 5.91 Å². The summed E-state index contributed by atoms with van der Waals surface area (Å²) in [7, 11) is 1.79. The third-order valence-corrected chi connectivity index (χ3v) is 3.63. The van der Waals surface area contributed by atoms with Gasteiger partial charge in [-0.05, 0) is 38.2 Å². The van der Waals surface area contributed by atoms with E-state index in [0.29, 0.717) is 31.0 Å². The summed E-state index contributed by atoms with van der Waals surface area (Å²) in [6.07, 6.45) is 7.15. The predicted molar refractivity (Wildman–Crippen MR) is 76.3 cm³/mol. The van der Waals surface area contributed by atoms with E-state index >= 15 is 0 Å². The van der Waals surface area contributed by atoms with Crippen molar-refractivity contribution in [3.8, 4) is 0 Å². The van der Waals surface area contributed by atoms with Crippen LogP contribution in [0.25, 0.3) is 0 Å². The number of ether oxygens (including phenoxy) is 1. The van der Waals surface area contributed by atoms with Crippen molar-refractivity contribution in [2.24, 2.45) is 12.8 Å². The van der Waals surface area contributed by atoms with Gasteiger partial charge in [-0.1, -0.05) is 0 Å². The fourth-order valence-corrected chi connectivity index (χ4v) is 2.41. The van der Waals surface area contributed by atoms with Crippen LogP contribution in [-0.4, -0.2) is 41.0 Å². The maximum atomic E-state index is 11.7. The van der Waals surface area contributed by atoms with Crippen molar-refractivity contribution in [2.45, 2.75) is 44.2 Å². The van der Waals surface area contributed by atoms with Crippen LogP contribution < -0.4 is 11.1 Å². The first-order valence-corrected chi connectivity index (χ1v) is 7.30. The van der Waals surface area contributed by atoms with Crippen LogP contribution in [0.5, 0.6) is 0 Å². The Hall–Kier alpha value is -1.40. The average molecular weight is 280 g/mol. The molecule has 0 unspecified atom stereocenters. The number of aryl methyl sites for hydroxylation is 1. The molecule has 1 aromatic heterocycles. The SMILES string of the molecule is Cn1ccc(C(=O)NCCCOC2CCC(N)CC2)n1. The van der Waals surface area contributed by atoms with Crippen LogP contribution >= 0.6 is 0 Å². The minimum atomic E-state index is -0.130. The van der Waals surface area contributed by atoms with Crippen LogP contribution in [0.15, 0.2) is 12.3 Å². The number of rotatable bonds is 6. The Bertz CT molecular complexity index is 425. The molecule has 0 atom stereocenters. The number of carbonyl (C=O) groups is 1. The molecular formula is C14H24N4O2. The fourth-order valence-electron chi connectivity index (χ4n) is 2.41. The highest BCUT2D eigenvalue weighted by Crippen LogP contribution is 2.19. The molecule has 20 heavy (non-hydrogen) atoms. The molecule has 1 heterocycles. The molecule has 1 saturated carbocycles. The molecule has 0 aromatic carbocycles. The molecule has 0 bridgehead atoms. The minimum Gasteiger partial charge on any atom is -0.378 e. The van der Waals surface area contributed by atoms with Gasteiger partial charge in [-0.2, -0.15) is 5.10 Å². The number of hydrogen-bond donors (Lipinski definition) is 2. The third-order valence-electron chi connectivity index (χ3n) is 3.63. The highest BCUT2D eigenvalue weighted by atomic mass is 16.5. The number of aromatic nitrogens is 2. The molecule has 1 aliphatic carbocycles. The van der Waals surface area contributed by atoms with Crippen molar-refractivity contribution in [1.82, 2.24) is 15.1 Å². The number of nitrogens with one attached hydrogen (secondary N) is 1. The summed E-state index contributed by atoms with van der Waals surface area (Å²) in [4.78, 5) is 11.7. The van der Waals surface area contributed by atoms with Crippen molar-refractivity contribution in [3.05, 3.63) is 18.0 Å². The molecule has 0 aliphatic heterocycles. The van der Waals surface area contributed by atoms with Crippen molar-refractivity contribution in [2.75, 3.05) is 13.2 Å². The van der Waals surface area contributed by atoms with E-state index in [1.807, 2.05) is 0 Å². The Morgan fingerprint density at radius 3 is 2.90 bits per heavy atom. The van der Waals surface area contributed by atoms with Crippen molar-refractivity contribution in [3.63, 3.8) is 0 Å². The monoisotopic (exact) mass is 280 g/mol. The lowest BCUT2D eigenvalue weighted by atomic mass is 9.94. The second-order valence-corrected chi connectivity index (χ2v) is 5.39. The zero-order valence-corrected chi connectivity index (χ0v) is 12.0. The summed E-state index contributed by atoms with van der Waals surface area (Å²) >= 11 is 0. The highest BCUT2D eigenvalue weighted by Gasteiger charge is 2.18. The first-order chi connectivity index (χ1) is 9.65. The molecule has 6 heteroatoms. The van der Waals surface area contributed by atoms with E-state index in [2.05, 4.69) is 10.4 Å². The van der Waals surface area contributed by atoms with E-state index < -0.39 is 0 Å². The maximum Gasteiger partial charge on any atom is 0.271 e. The number of nitrogens with two attached hydrogens (primary N) is 1. The van der Waals surface area contributed by atoms with Crippen molar-refractivity contribution >= 4 is 5.91 Å². The van der Waals surface area contributed by atoms with Gasteiger partial charge >= 0.3 is 0 Å². The molecule has 1 aliphatic rings. The summed E-state index contributed by atoms with van der Waals surface area (Å²) in [5.41, 5.74) is 6.31. The van der Waals surface area contributed by atoms with E-state index in [1.54, 1.807) is 24.0 Å². The Kier molecular flexibility index (Phi) is 5.55. The van der Waals surface area contributed by atoms with E-state index in [4.69, 9.17) is 10.5 Å². The van der Waals surface area contributed by atoms with Gasteiger partial charge < -0.3 is 15.8 Å². The number of carbonyl (C=O) groups excluding carboxylic acids is 1. The van der Waals surface area contributed by atoms with Gasteiger partial charge in [0.1, 0.15) is 5.69 Å². The second kappa shape index (κ2) is 7.40.